The van der Waals surface area contributed by atoms with E-state index in [1.807, 2.05) is 39.0 Å². The molecule has 0 heterocycles. The normalized spacial score (nSPS) is 11.8. The lowest BCUT2D eigenvalue weighted by Gasteiger charge is -2.31. The SMILES string of the molecule is CC[C@H](C(=O)NCC(C)C)N(Cc1ccc(Cl)cc1Cl)C(=O)COc1ccccc1. The molecule has 0 saturated carbocycles. The molecule has 30 heavy (non-hydrogen) atoms. The molecule has 0 saturated heterocycles. The molecule has 162 valence electrons. The quantitative estimate of drug-likeness (QED) is 0.556. The van der Waals surface area contributed by atoms with Gasteiger partial charge in [-0.3, -0.25) is 9.59 Å². The summed E-state index contributed by atoms with van der Waals surface area (Å²) in [6, 6.07) is 13.6. The Labute approximate surface area is 188 Å². The van der Waals surface area contributed by atoms with E-state index in [0.29, 0.717) is 40.2 Å². The molecule has 0 spiro atoms. The van der Waals surface area contributed by atoms with Gasteiger partial charge in [-0.1, -0.05) is 68.2 Å². The van der Waals surface area contributed by atoms with Crippen LogP contribution in [0.25, 0.3) is 0 Å². The molecule has 0 aliphatic heterocycles. The van der Waals surface area contributed by atoms with Crippen molar-refractivity contribution < 1.29 is 14.3 Å². The van der Waals surface area contributed by atoms with Crippen molar-refractivity contribution in [2.75, 3.05) is 13.2 Å². The highest BCUT2D eigenvalue weighted by Gasteiger charge is 2.29. The molecule has 0 unspecified atom stereocenters. The third-order valence-corrected chi connectivity index (χ3v) is 5.12. The number of halogens is 2. The van der Waals surface area contributed by atoms with Crippen molar-refractivity contribution in [1.29, 1.82) is 0 Å². The number of hydrogen-bond donors (Lipinski definition) is 1. The Balaban J connectivity index is 2.22. The van der Waals surface area contributed by atoms with Crippen LogP contribution in [-0.4, -0.2) is 35.9 Å². The van der Waals surface area contributed by atoms with Crippen LogP contribution in [0.5, 0.6) is 5.75 Å². The summed E-state index contributed by atoms with van der Waals surface area (Å²) in [5, 5.41) is 3.88. The van der Waals surface area contributed by atoms with Crippen LogP contribution in [0.3, 0.4) is 0 Å². The fourth-order valence-corrected chi connectivity index (χ4v) is 3.39. The molecule has 0 radical (unpaired) electrons. The molecule has 0 aliphatic carbocycles. The number of nitrogens with one attached hydrogen (secondary N) is 1. The van der Waals surface area contributed by atoms with E-state index in [1.54, 1.807) is 30.3 Å². The number of para-hydroxylation sites is 1. The van der Waals surface area contributed by atoms with Crippen molar-refractivity contribution in [2.45, 2.75) is 39.8 Å². The zero-order valence-corrected chi connectivity index (χ0v) is 19.0. The Morgan fingerprint density at radius 1 is 1.10 bits per heavy atom. The fourth-order valence-electron chi connectivity index (χ4n) is 2.92. The molecule has 2 rings (SSSR count). The number of hydrogen-bond acceptors (Lipinski definition) is 3. The van der Waals surface area contributed by atoms with Crippen LogP contribution in [0.1, 0.15) is 32.8 Å². The van der Waals surface area contributed by atoms with Crippen LogP contribution >= 0.6 is 23.2 Å². The first-order valence-electron chi connectivity index (χ1n) is 10.0. The van der Waals surface area contributed by atoms with Gasteiger partial charge >= 0.3 is 0 Å². The Morgan fingerprint density at radius 3 is 2.40 bits per heavy atom. The lowest BCUT2D eigenvalue weighted by Crippen LogP contribution is -2.50. The lowest BCUT2D eigenvalue weighted by atomic mass is 10.1. The Bertz CT molecular complexity index is 844. The number of carbonyl (C=O) groups excluding carboxylic acids is 2. The Hall–Kier alpha value is -2.24. The van der Waals surface area contributed by atoms with Crippen LogP contribution < -0.4 is 10.1 Å². The van der Waals surface area contributed by atoms with E-state index in [4.69, 9.17) is 27.9 Å². The summed E-state index contributed by atoms with van der Waals surface area (Å²) in [5.74, 6) is 0.413. The van der Waals surface area contributed by atoms with Gasteiger partial charge in [0, 0.05) is 23.1 Å². The molecule has 1 atom stereocenters. The minimum atomic E-state index is -0.637. The molecule has 1 N–H and O–H groups in total. The van der Waals surface area contributed by atoms with Crippen LogP contribution in [0.15, 0.2) is 48.5 Å². The molecule has 2 aromatic carbocycles. The van der Waals surface area contributed by atoms with E-state index < -0.39 is 6.04 Å². The van der Waals surface area contributed by atoms with Gasteiger partial charge in [0.15, 0.2) is 6.61 Å². The summed E-state index contributed by atoms with van der Waals surface area (Å²) < 4.78 is 5.63. The molecule has 2 aromatic rings. The summed E-state index contributed by atoms with van der Waals surface area (Å²) in [5.41, 5.74) is 0.712. The largest absolute Gasteiger partial charge is 0.484 e. The second-order valence-corrected chi connectivity index (χ2v) is 8.27. The monoisotopic (exact) mass is 450 g/mol. The minimum absolute atomic E-state index is 0.177. The number of amides is 2. The zero-order valence-electron chi connectivity index (χ0n) is 17.5. The van der Waals surface area contributed by atoms with Gasteiger partial charge in [0.1, 0.15) is 11.8 Å². The van der Waals surface area contributed by atoms with Gasteiger partial charge < -0.3 is 15.0 Å². The van der Waals surface area contributed by atoms with Crippen molar-refractivity contribution in [3.8, 4) is 5.75 Å². The smallest absolute Gasteiger partial charge is 0.261 e. The van der Waals surface area contributed by atoms with Crippen LogP contribution in [-0.2, 0) is 16.1 Å². The third-order valence-electron chi connectivity index (χ3n) is 4.53. The first kappa shape index (κ1) is 24.0. The minimum Gasteiger partial charge on any atom is -0.484 e. The van der Waals surface area contributed by atoms with E-state index >= 15 is 0 Å². The Kier molecular flexibility index (Phi) is 9.47. The van der Waals surface area contributed by atoms with Crippen molar-refractivity contribution >= 4 is 35.0 Å². The number of nitrogens with zero attached hydrogens (tertiary/aromatic N) is 1. The van der Waals surface area contributed by atoms with Crippen molar-refractivity contribution in [3.05, 3.63) is 64.1 Å². The van der Waals surface area contributed by atoms with Gasteiger partial charge in [0.05, 0.1) is 0 Å². The molecule has 5 nitrogen and oxygen atoms in total. The maximum atomic E-state index is 13.1. The van der Waals surface area contributed by atoms with Crippen molar-refractivity contribution in [1.82, 2.24) is 10.2 Å². The van der Waals surface area contributed by atoms with E-state index in [1.165, 1.54) is 4.90 Å². The molecule has 2 amide bonds. The molecule has 0 aliphatic rings. The van der Waals surface area contributed by atoms with Gasteiger partial charge in [0.25, 0.3) is 5.91 Å². The second kappa shape index (κ2) is 11.8. The molecular weight excluding hydrogens is 423 g/mol. The van der Waals surface area contributed by atoms with E-state index in [2.05, 4.69) is 5.32 Å². The van der Waals surface area contributed by atoms with Crippen LogP contribution in [0.4, 0.5) is 0 Å². The zero-order chi connectivity index (χ0) is 22.1. The maximum Gasteiger partial charge on any atom is 0.261 e. The summed E-state index contributed by atoms with van der Waals surface area (Å²) in [7, 11) is 0. The van der Waals surface area contributed by atoms with Crippen molar-refractivity contribution in [2.24, 2.45) is 5.92 Å². The molecule has 7 heteroatoms. The first-order valence-corrected chi connectivity index (χ1v) is 10.8. The highest BCUT2D eigenvalue weighted by atomic mass is 35.5. The molecule has 0 aromatic heterocycles. The number of ether oxygens (including phenoxy) is 1. The predicted molar refractivity (Wildman–Crippen MR) is 121 cm³/mol. The summed E-state index contributed by atoms with van der Waals surface area (Å²) in [4.78, 5) is 27.4. The Morgan fingerprint density at radius 2 is 1.80 bits per heavy atom. The maximum absolute atomic E-state index is 13.1. The summed E-state index contributed by atoms with van der Waals surface area (Å²) in [6.07, 6.45) is 0.464. The number of carbonyl (C=O) groups is 2. The van der Waals surface area contributed by atoms with Gasteiger partial charge in [-0.15, -0.1) is 0 Å². The second-order valence-electron chi connectivity index (χ2n) is 7.42. The average molecular weight is 451 g/mol. The van der Waals surface area contributed by atoms with E-state index in [-0.39, 0.29) is 25.0 Å². The summed E-state index contributed by atoms with van der Waals surface area (Å²) >= 11 is 12.3. The third kappa shape index (κ3) is 7.22. The highest BCUT2D eigenvalue weighted by Crippen LogP contribution is 2.24. The predicted octanol–water partition coefficient (Wildman–Crippen LogP) is 4.95. The standard InChI is InChI=1S/C23H28Cl2N2O3/c1-4-21(23(29)26-13-16(2)3)27(14-17-10-11-18(24)12-20(17)25)22(28)15-30-19-8-6-5-7-9-19/h5-12,16,21H,4,13-15H2,1-3H3,(H,26,29)/t21-/m1/s1. The van der Waals surface area contributed by atoms with Crippen LogP contribution in [0, 0.1) is 5.92 Å². The van der Waals surface area contributed by atoms with Crippen molar-refractivity contribution in [3.63, 3.8) is 0 Å². The number of benzene rings is 2. The number of rotatable bonds is 10. The van der Waals surface area contributed by atoms with Gasteiger partial charge in [-0.25, -0.2) is 0 Å². The lowest BCUT2D eigenvalue weighted by molar-refractivity contribution is -0.143. The summed E-state index contributed by atoms with van der Waals surface area (Å²) in [6.45, 7) is 6.46. The highest BCUT2D eigenvalue weighted by molar-refractivity contribution is 6.35. The van der Waals surface area contributed by atoms with E-state index in [9.17, 15) is 9.59 Å². The molecule has 0 fully saturated rings. The molecular formula is C23H28Cl2N2O3. The average Bonchev–Trinajstić information content (AvgIpc) is 2.72. The fraction of sp³-hybridized carbons (Fsp3) is 0.391. The van der Waals surface area contributed by atoms with Gasteiger partial charge in [-0.2, -0.15) is 0 Å². The van der Waals surface area contributed by atoms with Gasteiger partial charge in [-0.05, 0) is 42.2 Å². The molecule has 0 bridgehead atoms. The first-order chi connectivity index (χ1) is 14.3. The van der Waals surface area contributed by atoms with Gasteiger partial charge in [0.2, 0.25) is 5.91 Å². The van der Waals surface area contributed by atoms with E-state index in [0.717, 1.165) is 0 Å². The van der Waals surface area contributed by atoms with Crippen LogP contribution in [0.2, 0.25) is 10.0 Å². The topological polar surface area (TPSA) is 58.6 Å².